The number of ether oxygens (including phenoxy) is 1. The van der Waals surface area contributed by atoms with E-state index in [-0.39, 0.29) is 11.9 Å². The van der Waals surface area contributed by atoms with E-state index in [2.05, 4.69) is 5.10 Å². The van der Waals surface area contributed by atoms with Gasteiger partial charge in [0.05, 0.1) is 35.0 Å². The number of hydrogen-bond donors (Lipinski definition) is 0. The monoisotopic (exact) mass is 440 g/mol. The molecule has 0 spiro atoms. The van der Waals surface area contributed by atoms with E-state index in [9.17, 15) is 9.59 Å². The number of fused-ring (bicyclic) bond motifs is 2. The molecule has 0 aliphatic carbocycles. The van der Waals surface area contributed by atoms with Crippen molar-refractivity contribution in [1.82, 2.24) is 14.8 Å². The van der Waals surface area contributed by atoms with E-state index in [1.807, 2.05) is 56.4 Å². The fourth-order valence-electron chi connectivity index (χ4n) is 4.65. The molecule has 4 aromatic rings. The van der Waals surface area contributed by atoms with Gasteiger partial charge in [-0.3, -0.25) is 9.48 Å². The minimum absolute atomic E-state index is 0.126. The zero-order valence-corrected chi connectivity index (χ0v) is 18.8. The number of rotatable bonds is 3. The first-order chi connectivity index (χ1) is 16.0. The lowest BCUT2D eigenvalue weighted by molar-refractivity contribution is 0.0599. The molecule has 166 valence electrons. The second kappa shape index (κ2) is 8.16. The molecule has 1 aliphatic heterocycles. The number of carbonyl (C=O) groups is 2. The normalized spacial score (nSPS) is 13.1. The number of aromatic nitrogens is 3. The Kier molecular flexibility index (Phi) is 5.17. The summed E-state index contributed by atoms with van der Waals surface area (Å²) >= 11 is 0. The van der Waals surface area contributed by atoms with Gasteiger partial charge in [0.15, 0.2) is 5.65 Å². The van der Waals surface area contributed by atoms with Gasteiger partial charge in [-0.2, -0.15) is 5.10 Å². The Morgan fingerprint density at radius 1 is 1.03 bits per heavy atom. The van der Waals surface area contributed by atoms with Crippen LogP contribution in [0.2, 0.25) is 0 Å². The van der Waals surface area contributed by atoms with Crippen molar-refractivity contribution in [3.05, 3.63) is 77.0 Å². The summed E-state index contributed by atoms with van der Waals surface area (Å²) in [5.74, 6) is -0.513. The summed E-state index contributed by atoms with van der Waals surface area (Å²) in [5.41, 5.74) is 5.73. The predicted molar refractivity (Wildman–Crippen MR) is 126 cm³/mol. The molecule has 1 amide bonds. The predicted octanol–water partition coefficient (Wildman–Crippen LogP) is 4.32. The molecule has 1 aliphatic rings. The Hall–Kier alpha value is -4.00. The largest absolute Gasteiger partial charge is 0.465 e. The first kappa shape index (κ1) is 20.9. The molecule has 7 heteroatoms. The van der Waals surface area contributed by atoms with Crippen LogP contribution in [0.5, 0.6) is 0 Å². The van der Waals surface area contributed by atoms with Crippen LogP contribution in [-0.4, -0.2) is 40.3 Å². The van der Waals surface area contributed by atoms with Gasteiger partial charge in [-0.15, -0.1) is 0 Å². The van der Waals surface area contributed by atoms with Crippen molar-refractivity contribution in [2.75, 3.05) is 18.6 Å². The molecule has 0 saturated carbocycles. The van der Waals surface area contributed by atoms with E-state index in [4.69, 9.17) is 9.72 Å². The molecule has 2 aromatic heterocycles. The third kappa shape index (κ3) is 3.46. The zero-order valence-electron chi connectivity index (χ0n) is 18.8. The smallest absolute Gasteiger partial charge is 0.338 e. The molecular weight excluding hydrogens is 416 g/mol. The minimum Gasteiger partial charge on any atom is -0.465 e. The fraction of sp³-hybridized carbons (Fsp3) is 0.231. The summed E-state index contributed by atoms with van der Waals surface area (Å²) in [6, 6.07) is 17.1. The number of anilines is 1. The Labute approximate surface area is 191 Å². The average Bonchev–Trinajstić information content (AvgIpc) is 3.15. The maximum Gasteiger partial charge on any atom is 0.338 e. The number of aryl methyl sites for hydroxylation is 2. The first-order valence-corrected chi connectivity index (χ1v) is 10.9. The van der Waals surface area contributed by atoms with Crippen molar-refractivity contribution >= 4 is 28.6 Å². The molecule has 2 aromatic carbocycles. The number of amides is 1. The SMILES string of the molecule is COC(=O)c1cccc2c1CCCN2C(=O)c1cc(-c2ccccc2)nc2c1c(C)nn2C. The van der Waals surface area contributed by atoms with Crippen molar-refractivity contribution in [2.45, 2.75) is 19.8 Å². The summed E-state index contributed by atoms with van der Waals surface area (Å²) in [4.78, 5) is 32.9. The highest BCUT2D eigenvalue weighted by molar-refractivity contribution is 6.15. The average molecular weight is 441 g/mol. The lowest BCUT2D eigenvalue weighted by atomic mass is 9.95. The fourth-order valence-corrected chi connectivity index (χ4v) is 4.65. The maximum absolute atomic E-state index is 14.0. The number of methoxy groups -OCH3 is 1. The molecule has 5 rings (SSSR count). The van der Waals surface area contributed by atoms with Crippen molar-refractivity contribution in [3.8, 4) is 11.3 Å². The standard InChI is InChI=1S/C26H24N4O3/c1-16-23-20(15-21(17-9-5-4-6-10-17)27-24(23)29(2)28-16)25(31)30-14-8-12-18-19(26(32)33-3)11-7-13-22(18)30/h4-7,9-11,13,15H,8,12,14H2,1-3H3. The minimum atomic E-state index is -0.387. The van der Waals surface area contributed by atoms with Crippen molar-refractivity contribution < 1.29 is 14.3 Å². The molecular formula is C26H24N4O3. The van der Waals surface area contributed by atoms with Crippen LogP contribution in [0.1, 0.15) is 38.4 Å². The van der Waals surface area contributed by atoms with Crippen molar-refractivity contribution in [3.63, 3.8) is 0 Å². The van der Waals surface area contributed by atoms with E-state index < -0.39 is 0 Å². The molecule has 0 radical (unpaired) electrons. The maximum atomic E-state index is 14.0. The molecule has 3 heterocycles. The van der Waals surface area contributed by atoms with Gasteiger partial charge in [0.1, 0.15) is 0 Å². The highest BCUT2D eigenvalue weighted by atomic mass is 16.5. The summed E-state index contributed by atoms with van der Waals surface area (Å²) in [7, 11) is 3.21. The summed E-state index contributed by atoms with van der Waals surface area (Å²) in [5, 5.41) is 5.28. The molecule has 0 unspecified atom stereocenters. The molecule has 7 nitrogen and oxygen atoms in total. The van der Waals surface area contributed by atoms with Crippen LogP contribution in [0.3, 0.4) is 0 Å². The Balaban J connectivity index is 1.68. The van der Waals surface area contributed by atoms with E-state index in [1.165, 1.54) is 7.11 Å². The third-order valence-electron chi connectivity index (χ3n) is 6.17. The van der Waals surface area contributed by atoms with Crippen molar-refractivity contribution in [1.29, 1.82) is 0 Å². The van der Waals surface area contributed by atoms with Crippen LogP contribution < -0.4 is 4.90 Å². The van der Waals surface area contributed by atoms with Crippen LogP contribution in [-0.2, 0) is 18.2 Å². The quantitative estimate of drug-likeness (QED) is 0.443. The first-order valence-electron chi connectivity index (χ1n) is 10.9. The molecule has 0 bridgehead atoms. The molecule has 0 fully saturated rings. The molecule has 0 atom stereocenters. The van der Waals surface area contributed by atoms with Crippen LogP contribution in [0.4, 0.5) is 5.69 Å². The summed E-state index contributed by atoms with van der Waals surface area (Å²) in [6.45, 7) is 2.46. The number of carbonyl (C=O) groups excluding carboxylic acids is 2. The lowest BCUT2D eigenvalue weighted by Crippen LogP contribution is -2.36. The second-order valence-corrected chi connectivity index (χ2v) is 8.18. The van der Waals surface area contributed by atoms with Gasteiger partial charge in [0, 0.05) is 24.8 Å². The van der Waals surface area contributed by atoms with E-state index in [0.29, 0.717) is 23.3 Å². The Morgan fingerprint density at radius 2 is 1.82 bits per heavy atom. The number of hydrogen-bond acceptors (Lipinski definition) is 5. The zero-order chi connectivity index (χ0) is 23.1. The van der Waals surface area contributed by atoms with E-state index in [1.54, 1.807) is 21.7 Å². The highest BCUT2D eigenvalue weighted by Gasteiger charge is 2.29. The van der Waals surface area contributed by atoms with Crippen LogP contribution in [0, 0.1) is 6.92 Å². The summed E-state index contributed by atoms with van der Waals surface area (Å²) in [6.07, 6.45) is 1.48. The number of pyridine rings is 1. The highest BCUT2D eigenvalue weighted by Crippen LogP contribution is 2.34. The van der Waals surface area contributed by atoms with Crippen LogP contribution >= 0.6 is 0 Å². The van der Waals surface area contributed by atoms with Crippen LogP contribution in [0.15, 0.2) is 54.6 Å². The Bertz CT molecular complexity index is 1390. The van der Waals surface area contributed by atoms with Gasteiger partial charge in [0.2, 0.25) is 0 Å². The molecule has 33 heavy (non-hydrogen) atoms. The third-order valence-corrected chi connectivity index (χ3v) is 6.17. The van der Waals surface area contributed by atoms with Gasteiger partial charge in [-0.05, 0) is 43.5 Å². The van der Waals surface area contributed by atoms with Gasteiger partial charge in [-0.1, -0.05) is 36.4 Å². The topological polar surface area (TPSA) is 77.3 Å². The number of benzene rings is 2. The second-order valence-electron chi connectivity index (χ2n) is 8.18. The Morgan fingerprint density at radius 3 is 2.58 bits per heavy atom. The number of nitrogens with zero attached hydrogens (tertiary/aromatic N) is 4. The van der Waals surface area contributed by atoms with Gasteiger partial charge < -0.3 is 9.64 Å². The van der Waals surface area contributed by atoms with E-state index >= 15 is 0 Å². The molecule has 0 N–H and O–H groups in total. The van der Waals surface area contributed by atoms with Gasteiger partial charge in [0.25, 0.3) is 5.91 Å². The lowest BCUT2D eigenvalue weighted by Gasteiger charge is -2.31. The van der Waals surface area contributed by atoms with Gasteiger partial charge in [-0.25, -0.2) is 9.78 Å². The number of esters is 1. The van der Waals surface area contributed by atoms with Crippen molar-refractivity contribution in [2.24, 2.45) is 7.05 Å². The van der Waals surface area contributed by atoms with E-state index in [0.717, 1.165) is 46.4 Å². The molecule has 0 saturated heterocycles. The van der Waals surface area contributed by atoms with Crippen LogP contribution in [0.25, 0.3) is 22.3 Å². The van der Waals surface area contributed by atoms with Gasteiger partial charge >= 0.3 is 5.97 Å². The summed E-state index contributed by atoms with van der Waals surface area (Å²) < 4.78 is 6.68.